The van der Waals surface area contributed by atoms with Gasteiger partial charge in [0.15, 0.2) is 0 Å². The number of benzene rings is 1. The van der Waals surface area contributed by atoms with Crippen molar-refractivity contribution in [3.8, 4) is 0 Å². The normalized spacial score (nSPS) is 11.8. The zero-order chi connectivity index (χ0) is 15.8. The summed E-state index contributed by atoms with van der Waals surface area (Å²) in [5.41, 5.74) is 6.23. The van der Waals surface area contributed by atoms with Crippen molar-refractivity contribution in [1.82, 2.24) is 0 Å². The maximum absolute atomic E-state index is 12.9. The van der Waals surface area contributed by atoms with Crippen LogP contribution in [0.1, 0.15) is 6.92 Å². The topological polar surface area (TPSA) is 72.6 Å². The average molecular weight is 314 g/mol. The fourth-order valence-electron chi connectivity index (χ4n) is 1.69. The molecular formula is C14H19FN2O3S. The van der Waals surface area contributed by atoms with Crippen molar-refractivity contribution in [2.24, 2.45) is 5.73 Å². The van der Waals surface area contributed by atoms with Crippen LogP contribution in [-0.4, -0.2) is 43.1 Å². The molecule has 0 radical (unpaired) electrons. The van der Waals surface area contributed by atoms with Crippen LogP contribution >= 0.6 is 11.8 Å². The van der Waals surface area contributed by atoms with E-state index in [1.807, 2.05) is 6.92 Å². The number of carbonyl (C=O) groups is 2. The van der Waals surface area contributed by atoms with Crippen molar-refractivity contribution in [3.05, 3.63) is 30.1 Å². The second-order valence-electron chi connectivity index (χ2n) is 4.26. The minimum Gasteiger partial charge on any atom is -0.468 e. The fourth-order valence-corrected chi connectivity index (χ4v) is 2.53. The predicted molar refractivity (Wildman–Crippen MR) is 81.7 cm³/mol. The smallest absolute Gasteiger partial charge is 0.323 e. The molecule has 0 aromatic heterocycles. The minimum atomic E-state index is -0.742. The van der Waals surface area contributed by atoms with Crippen LogP contribution in [0.25, 0.3) is 0 Å². The van der Waals surface area contributed by atoms with Gasteiger partial charge in [-0.2, -0.15) is 0 Å². The standard InChI is InChI=1S/C14H19FN2O3S/c1-3-17(11-6-4-10(15)5-7-11)13(18)9-21-8-12(16)14(19)20-2/h4-7,12H,3,8-9,16H2,1-2H3. The van der Waals surface area contributed by atoms with Gasteiger partial charge in [-0.25, -0.2) is 4.39 Å². The van der Waals surface area contributed by atoms with E-state index < -0.39 is 12.0 Å². The molecule has 0 saturated carbocycles. The van der Waals surface area contributed by atoms with Gasteiger partial charge in [0.1, 0.15) is 11.9 Å². The number of thioether (sulfide) groups is 1. The lowest BCUT2D eigenvalue weighted by Gasteiger charge is -2.21. The van der Waals surface area contributed by atoms with Crippen LogP contribution in [0.2, 0.25) is 0 Å². The monoisotopic (exact) mass is 314 g/mol. The van der Waals surface area contributed by atoms with Gasteiger partial charge < -0.3 is 15.4 Å². The van der Waals surface area contributed by atoms with E-state index in [9.17, 15) is 14.0 Å². The molecule has 1 unspecified atom stereocenters. The maximum atomic E-state index is 12.9. The SMILES string of the molecule is CCN(C(=O)CSCC(N)C(=O)OC)c1ccc(F)cc1. The third-order valence-corrected chi connectivity index (χ3v) is 3.83. The molecule has 1 atom stereocenters. The zero-order valence-electron chi connectivity index (χ0n) is 12.0. The van der Waals surface area contributed by atoms with Crippen molar-refractivity contribution >= 4 is 29.3 Å². The Kier molecular flexibility index (Phi) is 7.18. The van der Waals surface area contributed by atoms with Crippen molar-refractivity contribution in [2.45, 2.75) is 13.0 Å². The maximum Gasteiger partial charge on any atom is 0.323 e. The van der Waals surface area contributed by atoms with Crippen molar-refractivity contribution in [2.75, 3.05) is 30.1 Å². The summed E-state index contributed by atoms with van der Waals surface area (Å²) in [5, 5.41) is 0. The molecule has 0 spiro atoms. The highest BCUT2D eigenvalue weighted by Crippen LogP contribution is 2.16. The van der Waals surface area contributed by atoms with E-state index in [1.54, 1.807) is 17.0 Å². The number of methoxy groups -OCH3 is 1. The minimum absolute atomic E-state index is 0.119. The van der Waals surface area contributed by atoms with E-state index in [-0.39, 0.29) is 17.5 Å². The van der Waals surface area contributed by atoms with Gasteiger partial charge in [0.2, 0.25) is 5.91 Å². The molecule has 21 heavy (non-hydrogen) atoms. The Bertz CT molecular complexity index is 482. The van der Waals surface area contributed by atoms with Crippen LogP contribution in [0.5, 0.6) is 0 Å². The number of esters is 1. The summed E-state index contributed by atoms with van der Waals surface area (Å²) in [6.07, 6.45) is 0. The molecule has 2 N–H and O–H groups in total. The molecular weight excluding hydrogens is 295 g/mol. The first-order chi connectivity index (χ1) is 9.99. The Balaban J connectivity index is 2.52. The van der Waals surface area contributed by atoms with Crippen LogP contribution in [0.3, 0.4) is 0 Å². The van der Waals surface area contributed by atoms with Gasteiger partial charge in [-0.3, -0.25) is 9.59 Å². The lowest BCUT2D eigenvalue weighted by molar-refractivity contribution is -0.141. The van der Waals surface area contributed by atoms with Gasteiger partial charge in [-0.1, -0.05) is 0 Å². The first kappa shape index (κ1) is 17.5. The Morgan fingerprint density at radius 1 is 1.38 bits per heavy atom. The largest absolute Gasteiger partial charge is 0.468 e. The lowest BCUT2D eigenvalue weighted by Crippen LogP contribution is -2.36. The molecule has 1 aromatic rings. The third kappa shape index (κ3) is 5.35. The molecule has 116 valence electrons. The number of rotatable bonds is 7. The van der Waals surface area contributed by atoms with Gasteiger partial charge in [-0.05, 0) is 31.2 Å². The number of halogens is 1. The lowest BCUT2D eigenvalue weighted by atomic mass is 10.3. The van der Waals surface area contributed by atoms with Crippen molar-refractivity contribution in [3.63, 3.8) is 0 Å². The molecule has 0 heterocycles. The van der Waals surface area contributed by atoms with Crippen LogP contribution in [0.4, 0.5) is 10.1 Å². The first-order valence-electron chi connectivity index (χ1n) is 6.46. The van der Waals surface area contributed by atoms with Gasteiger partial charge in [-0.15, -0.1) is 11.8 Å². The van der Waals surface area contributed by atoms with Gasteiger partial charge in [0.25, 0.3) is 0 Å². The van der Waals surface area contributed by atoms with Gasteiger partial charge in [0.05, 0.1) is 12.9 Å². The number of anilines is 1. The Hall–Kier alpha value is -1.60. The van der Waals surface area contributed by atoms with Crippen LogP contribution < -0.4 is 10.6 Å². The number of hydrogen-bond donors (Lipinski definition) is 1. The Morgan fingerprint density at radius 2 is 2.00 bits per heavy atom. The van der Waals surface area contributed by atoms with E-state index in [4.69, 9.17) is 5.73 Å². The summed E-state index contributed by atoms with van der Waals surface area (Å²) in [6.45, 7) is 2.32. The van der Waals surface area contributed by atoms with Crippen LogP contribution in [-0.2, 0) is 14.3 Å². The van der Waals surface area contributed by atoms with E-state index in [2.05, 4.69) is 4.74 Å². The summed E-state index contributed by atoms with van der Waals surface area (Å²) in [4.78, 5) is 24.8. The highest BCUT2D eigenvalue weighted by Gasteiger charge is 2.17. The van der Waals surface area contributed by atoms with Crippen molar-refractivity contribution < 1.29 is 18.7 Å². The first-order valence-corrected chi connectivity index (χ1v) is 7.62. The molecule has 0 aliphatic rings. The summed E-state index contributed by atoms with van der Waals surface area (Å²) >= 11 is 1.26. The molecule has 1 amide bonds. The number of amides is 1. The Morgan fingerprint density at radius 3 is 2.52 bits per heavy atom. The molecule has 7 heteroatoms. The van der Waals surface area contributed by atoms with Crippen LogP contribution in [0, 0.1) is 5.82 Å². The third-order valence-electron chi connectivity index (χ3n) is 2.78. The number of hydrogen-bond acceptors (Lipinski definition) is 5. The summed E-state index contributed by atoms with van der Waals surface area (Å²) in [6, 6.07) is 4.99. The predicted octanol–water partition coefficient (Wildman–Crippen LogP) is 1.41. The second kappa shape index (κ2) is 8.63. The van der Waals surface area contributed by atoms with E-state index in [0.717, 1.165) is 0 Å². The number of nitrogens with two attached hydrogens (primary N) is 1. The highest BCUT2D eigenvalue weighted by molar-refractivity contribution is 8.00. The molecule has 0 bridgehead atoms. The molecule has 0 aliphatic carbocycles. The van der Waals surface area contributed by atoms with E-state index >= 15 is 0 Å². The van der Waals surface area contributed by atoms with Crippen molar-refractivity contribution in [1.29, 1.82) is 0 Å². The second-order valence-corrected chi connectivity index (χ2v) is 5.29. The van der Waals surface area contributed by atoms with Gasteiger partial charge >= 0.3 is 5.97 Å². The Labute approximate surface area is 127 Å². The molecule has 0 fully saturated rings. The van der Waals surface area contributed by atoms with Crippen LogP contribution in [0.15, 0.2) is 24.3 Å². The van der Waals surface area contributed by atoms with E-state index in [0.29, 0.717) is 18.0 Å². The summed E-state index contributed by atoms with van der Waals surface area (Å²) in [7, 11) is 1.27. The summed E-state index contributed by atoms with van der Waals surface area (Å²) in [5.74, 6) is -0.470. The fraction of sp³-hybridized carbons (Fsp3) is 0.429. The zero-order valence-corrected chi connectivity index (χ0v) is 12.9. The molecule has 0 aliphatic heterocycles. The quantitative estimate of drug-likeness (QED) is 0.771. The average Bonchev–Trinajstić information content (AvgIpc) is 2.48. The molecule has 1 rings (SSSR count). The molecule has 1 aromatic carbocycles. The number of carbonyl (C=O) groups excluding carboxylic acids is 2. The molecule has 5 nitrogen and oxygen atoms in total. The summed E-state index contributed by atoms with van der Waals surface area (Å²) < 4.78 is 17.4. The number of ether oxygens (including phenoxy) is 1. The number of nitrogens with zero attached hydrogens (tertiary/aromatic N) is 1. The highest BCUT2D eigenvalue weighted by atomic mass is 32.2. The molecule has 0 saturated heterocycles. The van der Waals surface area contributed by atoms with Gasteiger partial charge in [0, 0.05) is 18.0 Å². The van der Waals surface area contributed by atoms with E-state index in [1.165, 1.54) is 31.0 Å².